The van der Waals surface area contributed by atoms with Crippen LogP contribution in [0.1, 0.15) is 49.6 Å². The smallest absolute Gasteiger partial charge is 0.408 e. The van der Waals surface area contributed by atoms with E-state index < -0.39 is 53.0 Å². The predicted octanol–water partition coefficient (Wildman–Crippen LogP) is 4.30. The lowest BCUT2D eigenvalue weighted by Crippen LogP contribution is -2.71. The van der Waals surface area contributed by atoms with E-state index in [1.54, 1.807) is 26.2 Å². The molecule has 3 aromatic rings. The van der Waals surface area contributed by atoms with Crippen LogP contribution in [0.4, 0.5) is 4.79 Å². The summed E-state index contributed by atoms with van der Waals surface area (Å²) in [6.07, 6.45) is -0.0513. The average Bonchev–Trinajstić information content (AvgIpc) is 3.55. The van der Waals surface area contributed by atoms with E-state index in [1.165, 1.54) is 30.0 Å². The van der Waals surface area contributed by atoms with Crippen LogP contribution in [0.5, 0.6) is 0 Å². The van der Waals surface area contributed by atoms with Crippen LogP contribution in [0.25, 0.3) is 0 Å². The summed E-state index contributed by atoms with van der Waals surface area (Å²) in [6.45, 7) is 5.13. The number of alkyl carbamates (subject to hydrolysis) is 1. The Morgan fingerprint density at radius 1 is 1.00 bits per heavy atom. The fraction of sp³-hybridized carbons (Fsp3) is 0.323. The maximum atomic E-state index is 13.8. The number of nitrogens with zero attached hydrogens (tertiary/aromatic N) is 2. The molecule has 3 heterocycles. The van der Waals surface area contributed by atoms with Gasteiger partial charge in [0.15, 0.2) is 11.8 Å². The number of hydrogen-bond donors (Lipinski definition) is 2. The molecule has 3 atom stereocenters. The van der Waals surface area contributed by atoms with Gasteiger partial charge in [-0.15, -0.1) is 11.8 Å². The van der Waals surface area contributed by atoms with Gasteiger partial charge in [0, 0.05) is 17.1 Å². The van der Waals surface area contributed by atoms with Gasteiger partial charge in [-0.25, -0.2) is 14.0 Å². The average molecular weight is 637 g/mol. The molecule has 230 valence electrons. The lowest BCUT2D eigenvalue weighted by molar-refractivity contribution is -0.155. The molecule has 1 aromatic heterocycles. The highest BCUT2D eigenvalue weighted by molar-refractivity contribution is 8.00. The normalized spacial score (nSPS) is 18.6. The summed E-state index contributed by atoms with van der Waals surface area (Å²) in [6, 6.07) is 16.5. The van der Waals surface area contributed by atoms with E-state index in [2.05, 4.69) is 15.0 Å². The third kappa shape index (κ3) is 6.73. The minimum Gasteiger partial charge on any atom is -0.498 e. The van der Waals surface area contributed by atoms with Crippen LogP contribution in [-0.4, -0.2) is 63.0 Å². The number of methoxy groups -OCH3 is 1. The van der Waals surface area contributed by atoms with Crippen molar-refractivity contribution in [2.24, 2.45) is 0 Å². The lowest BCUT2D eigenvalue weighted by Gasteiger charge is -2.49. The number of hydrogen-bond acceptors (Lipinski definition) is 10. The van der Waals surface area contributed by atoms with Gasteiger partial charge in [0.2, 0.25) is 5.91 Å². The second kappa shape index (κ2) is 13.1. The quantitative estimate of drug-likeness (QED) is 0.260. The zero-order valence-electron chi connectivity index (χ0n) is 24.5. The number of nitrogens with one attached hydrogen (secondary N) is 2. The maximum absolute atomic E-state index is 13.8. The first-order valence-corrected chi connectivity index (χ1v) is 15.7. The number of rotatable bonds is 9. The van der Waals surface area contributed by atoms with Gasteiger partial charge >= 0.3 is 12.1 Å². The highest BCUT2D eigenvalue weighted by Crippen LogP contribution is 2.42. The first-order chi connectivity index (χ1) is 21.1. The van der Waals surface area contributed by atoms with Gasteiger partial charge < -0.3 is 24.8 Å². The van der Waals surface area contributed by atoms with Crippen LogP contribution < -0.4 is 10.6 Å². The van der Waals surface area contributed by atoms with Gasteiger partial charge in [-0.2, -0.15) is 0 Å². The molecule has 2 aromatic carbocycles. The summed E-state index contributed by atoms with van der Waals surface area (Å²) in [7, 11) is 1.43. The number of carbonyl (C=O) groups excluding carboxylic acids is 4. The SMILES string of the molecule is COC1=C(C(=O)OC(c2ccccc2)c2ccccc2)N2C(=O)[C@@H](NC(=O)C(NC(=O)OC(C)(C)C)c3cnsc3)[C@H]2SC1. The van der Waals surface area contributed by atoms with Gasteiger partial charge in [0.25, 0.3) is 5.91 Å². The molecule has 5 rings (SSSR count). The number of β-lactam (4-membered cyclic amide) rings is 1. The topological polar surface area (TPSA) is 136 Å². The van der Waals surface area contributed by atoms with Crippen molar-refractivity contribution in [1.82, 2.24) is 19.9 Å². The Morgan fingerprint density at radius 3 is 2.18 bits per heavy atom. The number of esters is 1. The zero-order chi connectivity index (χ0) is 31.4. The molecule has 13 heteroatoms. The number of amides is 3. The number of carbonyl (C=O) groups is 4. The van der Waals surface area contributed by atoms with Crippen LogP contribution in [-0.2, 0) is 28.6 Å². The summed E-state index contributed by atoms with van der Waals surface area (Å²) < 4.78 is 20.9. The van der Waals surface area contributed by atoms with E-state index in [-0.39, 0.29) is 11.4 Å². The first kappa shape index (κ1) is 31.1. The fourth-order valence-corrected chi connectivity index (χ4v) is 6.68. The summed E-state index contributed by atoms with van der Waals surface area (Å²) in [5.41, 5.74) is 1.18. The molecule has 0 aliphatic carbocycles. The minimum absolute atomic E-state index is 0.00549. The van der Waals surface area contributed by atoms with Gasteiger partial charge in [0.05, 0.1) is 12.9 Å². The second-order valence-corrected chi connectivity index (χ2v) is 12.8. The maximum Gasteiger partial charge on any atom is 0.408 e. The standard InChI is InChI=1S/C31H32N4O7S2/c1-31(2,3)42-30(39)34-22(20-15-32-44-16-20)26(36)33-23-27(37)35-24(21(40-4)17-43-28(23)35)29(38)41-25(18-11-7-5-8-12-18)19-13-9-6-10-14-19/h5-16,22-23,25,28H,17H2,1-4H3,(H,33,36)(H,34,39)/t22?,23-,28-/m1/s1. The largest absolute Gasteiger partial charge is 0.498 e. The molecule has 2 N–H and O–H groups in total. The molecule has 0 saturated carbocycles. The fourth-order valence-electron chi connectivity index (χ4n) is 4.80. The number of aromatic nitrogens is 1. The minimum atomic E-state index is -1.15. The van der Waals surface area contributed by atoms with E-state index in [0.717, 1.165) is 22.7 Å². The Balaban J connectivity index is 1.34. The molecule has 0 radical (unpaired) electrons. The van der Waals surface area contributed by atoms with Crippen molar-refractivity contribution in [3.8, 4) is 0 Å². The van der Waals surface area contributed by atoms with Crippen molar-refractivity contribution in [3.05, 3.63) is 100 Å². The molecule has 0 spiro atoms. The molecule has 2 aliphatic rings. The third-order valence-corrected chi connectivity index (χ3v) is 8.67. The molecule has 1 unspecified atom stereocenters. The van der Waals surface area contributed by atoms with Crippen molar-refractivity contribution < 1.29 is 33.4 Å². The van der Waals surface area contributed by atoms with Crippen LogP contribution in [0, 0.1) is 0 Å². The van der Waals surface area contributed by atoms with E-state index >= 15 is 0 Å². The molecule has 0 bridgehead atoms. The zero-order valence-corrected chi connectivity index (χ0v) is 26.1. The van der Waals surface area contributed by atoms with Gasteiger partial charge in [-0.3, -0.25) is 14.5 Å². The van der Waals surface area contributed by atoms with E-state index in [1.807, 2.05) is 60.7 Å². The number of benzene rings is 2. The Labute approximate surface area is 263 Å². The van der Waals surface area contributed by atoms with Crippen molar-refractivity contribution >= 4 is 47.2 Å². The summed E-state index contributed by atoms with van der Waals surface area (Å²) in [5.74, 6) is -1.28. The molecule has 11 nitrogen and oxygen atoms in total. The predicted molar refractivity (Wildman–Crippen MR) is 164 cm³/mol. The monoisotopic (exact) mass is 636 g/mol. The van der Waals surface area contributed by atoms with Crippen LogP contribution >= 0.6 is 23.3 Å². The first-order valence-electron chi connectivity index (χ1n) is 13.8. The molecule has 44 heavy (non-hydrogen) atoms. The highest BCUT2D eigenvalue weighted by Gasteiger charge is 2.55. The highest BCUT2D eigenvalue weighted by atomic mass is 32.2. The van der Waals surface area contributed by atoms with Crippen molar-refractivity contribution in [2.75, 3.05) is 12.9 Å². The molecule has 1 saturated heterocycles. The Kier molecular flexibility index (Phi) is 9.25. The Hall–Kier alpha value is -4.36. The second-order valence-electron chi connectivity index (χ2n) is 11.0. The van der Waals surface area contributed by atoms with Gasteiger partial charge in [-0.05, 0) is 43.4 Å². The number of ether oxygens (including phenoxy) is 3. The van der Waals surface area contributed by atoms with Gasteiger partial charge in [-0.1, -0.05) is 60.7 Å². The Bertz CT molecular complexity index is 1500. The van der Waals surface area contributed by atoms with E-state index in [4.69, 9.17) is 14.2 Å². The molecular formula is C31H32N4O7S2. The molecular weight excluding hydrogens is 604 g/mol. The summed E-state index contributed by atoms with van der Waals surface area (Å²) in [5, 5.41) is 6.35. The van der Waals surface area contributed by atoms with Crippen LogP contribution in [0.2, 0.25) is 0 Å². The van der Waals surface area contributed by atoms with Crippen LogP contribution in [0.3, 0.4) is 0 Å². The molecule has 1 fully saturated rings. The summed E-state index contributed by atoms with van der Waals surface area (Å²) >= 11 is 2.46. The van der Waals surface area contributed by atoms with E-state index in [0.29, 0.717) is 11.3 Å². The van der Waals surface area contributed by atoms with Gasteiger partial charge in [0.1, 0.15) is 28.8 Å². The summed E-state index contributed by atoms with van der Waals surface area (Å²) in [4.78, 5) is 54.6. The third-order valence-electron chi connectivity index (χ3n) is 6.81. The lowest BCUT2D eigenvalue weighted by atomic mass is 10.0. The number of fused-ring (bicyclic) bond motifs is 1. The number of thioether (sulfide) groups is 1. The van der Waals surface area contributed by atoms with Crippen molar-refractivity contribution in [1.29, 1.82) is 0 Å². The Morgan fingerprint density at radius 2 is 1.64 bits per heavy atom. The molecule has 3 amide bonds. The van der Waals surface area contributed by atoms with Crippen LogP contribution in [0.15, 0.2) is 83.7 Å². The molecule has 2 aliphatic heterocycles. The van der Waals surface area contributed by atoms with E-state index in [9.17, 15) is 19.2 Å². The van der Waals surface area contributed by atoms with Crippen molar-refractivity contribution in [3.63, 3.8) is 0 Å². The van der Waals surface area contributed by atoms with Crippen molar-refractivity contribution in [2.45, 2.75) is 49.9 Å².